The molecule has 1 atom stereocenters. The number of likely N-dealkylation sites (N-methyl/N-ethyl adjacent to an activating group) is 1. The quantitative estimate of drug-likeness (QED) is 0.341. The molecule has 0 bridgehead atoms. The Balaban J connectivity index is 4.56. The highest BCUT2D eigenvalue weighted by atomic mass is 16.7. The smallest absolute Gasteiger partial charge is 0.342 e. The van der Waals surface area contributed by atoms with Crippen molar-refractivity contribution >= 4 is 12.0 Å². The predicted molar refractivity (Wildman–Crippen MR) is 86.3 cm³/mol. The number of carbonyl (C=O) groups is 2. The average Bonchev–Trinajstić information content (AvgIpc) is 2.51. The van der Waals surface area contributed by atoms with Gasteiger partial charge in [-0.15, -0.1) is 0 Å². The molecule has 0 aromatic rings. The number of hydroxylamine groups is 1. The molecule has 0 fully saturated rings. The van der Waals surface area contributed by atoms with Crippen LogP contribution < -0.4 is 5.48 Å². The van der Waals surface area contributed by atoms with E-state index in [1.54, 1.807) is 0 Å². The molecular weight excluding hydrogens is 284 g/mol. The Morgan fingerprint density at radius 1 is 1.00 bits per heavy atom. The van der Waals surface area contributed by atoms with Gasteiger partial charge in [0, 0.05) is 6.54 Å². The van der Waals surface area contributed by atoms with Gasteiger partial charge in [0.1, 0.15) is 6.04 Å². The van der Waals surface area contributed by atoms with Gasteiger partial charge in [0.25, 0.3) is 0 Å². The Bertz CT molecular complexity index is 311. The molecule has 0 saturated carbocycles. The molecule has 6 nitrogen and oxygen atoms in total. The minimum absolute atomic E-state index is 0.333. The third-order valence-electron chi connectivity index (χ3n) is 3.31. The van der Waals surface area contributed by atoms with Crippen molar-refractivity contribution in [3.8, 4) is 0 Å². The standard InChI is InChI=1S/C16H32N2O4/c1-5-9-12-21-15(19)14(11-7-3)18(8-4)16(20)17-22-13-10-6-2/h14H,5-13H2,1-4H3,(H,17,20)/t14-/m0/s1. The van der Waals surface area contributed by atoms with Gasteiger partial charge < -0.3 is 9.64 Å². The van der Waals surface area contributed by atoms with Gasteiger partial charge in [0.2, 0.25) is 0 Å². The second kappa shape index (κ2) is 13.4. The van der Waals surface area contributed by atoms with Crippen molar-refractivity contribution in [1.29, 1.82) is 0 Å². The van der Waals surface area contributed by atoms with Crippen LogP contribution in [0.4, 0.5) is 4.79 Å². The summed E-state index contributed by atoms with van der Waals surface area (Å²) in [7, 11) is 0. The lowest BCUT2D eigenvalue weighted by atomic mass is 10.1. The van der Waals surface area contributed by atoms with Gasteiger partial charge in [-0.3, -0.25) is 4.84 Å². The van der Waals surface area contributed by atoms with Crippen LogP contribution >= 0.6 is 0 Å². The number of ether oxygens (including phenoxy) is 1. The summed E-state index contributed by atoms with van der Waals surface area (Å²) in [6, 6.07) is -0.939. The highest BCUT2D eigenvalue weighted by molar-refractivity contribution is 5.83. The Morgan fingerprint density at radius 3 is 2.18 bits per heavy atom. The van der Waals surface area contributed by atoms with E-state index in [-0.39, 0.29) is 12.0 Å². The first-order chi connectivity index (χ1) is 10.6. The highest BCUT2D eigenvalue weighted by Gasteiger charge is 2.29. The van der Waals surface area contributed by atoms with Crippen LogP contribution in [0.3, 0.4) is 0 Å². The molecule has 0 aliphatic rings. The molecule has 0 aromatic heterocycles. The highest BCUT2D eigenvalue weighted by Crippen LogP contribution is 2.10. The van der Waals surface area contributed by atoms with Crippen LogP contribution in [0.2, 0.25) is 0 Å². The van der Waals surface area contributed by atoms with Crippen molar-refractivity contribution in [2.24, 2.45) is 0 Å². The van der Waals surface area contributed by atoms with Crippen molar-refractivity contribution in [3.63, 3.8) is 0 Å². The summed E-state index contributed by atoms with van der Waals surface area (Å²) in [5.74, 6) is -0.333. The lowest BCUT2D eigenvalue weighted by Crippen LogP contribution is -2.50. The summed E-state index contributed by atoms with van der Waals surface area (Å²) < 4.78 is 5.27. The molecule has 0 aliphatic heterocycles. The molecule has 0 aromatic carbocycles. The first kappa shape index (κ1) is 20.7. The van der Waals surface area contributed by atoms with Gasteiger partial charge in [-0.2, -0.15) is 0 Å². The van der Waals surface area contributed by atoms with Crippen LogP contribution in [0.1, 0.15) is 66.2 Å². The number of rotatable bonds is 12. The van der Waals surface area contributed by atoms with E-state index in [1.807, 2.05) is 27.7 Å². The first-order valence-corrected chi connectivity index (χ1v) is 8.47. The molecule has 0 unspecified atom stereocenters. The summed E-state index contributed by atoms with van der Waals surface area (Å²) in [6.45, 7) is 9.21. The molecule has 0 rings (SSSR count). The minimum atomic E-state index is -0.554. The van der Waals surface area contributed by atoms with Crippen LogP contribution in [-0.4, -0.2) is 42.7 Å². The number of nitrogens with one attached hydrogen (secondary N) is 1. The number of unbranched alkanes of at least 4 members (excludes halogenated alkanes) is 2. The molecule has 0 heterocycles. The van der Waals surface area contributed by atoms with E-state index in [0.717, 1.165) is 32.1 Å². The summed E-state index contributed by atoms with van der Waals surface area (Å²) in [4.78, 5) is 31.0. The Kier molecular flexibility index (Phi) is 12.6. The number of carbonyl (C=O) groups excluding carboxylic acids is 2. The fourth-order valence-electron chi connectivity index (χ4n) is 1.98. The van der Waals surface area contributed by atoms with Crippen molar-refractivity contribution in [3.05, 3.63) is 0 Å². The third-order valence-corrected chi connectivity index (χ3v) is 3.31. The van der Waals surface area contributed by atoms with Gasteiger partial charge in [0.05, 0.1) is 13.2 Å². The molecule has 0 spiro atoms. The molecule has 2 amide bonds. The fourth-order valence-corrected chi connectivity index (χ4v) is 1.98. The van der Waals surface area contributed by atoms with Gasteiger partial charge >= 0.3 is 12.0 Å². The van der Waals surface area contributed by atoms with E-state index < -0.39 is 6.04 Å². The molecule has 0 radical (unpaired) electrons. The minimum Gasteiger partial charge on any atom is -0.464 e. The lowest BCUT2D eigenvalue weighted by molar-refractivity contribution is -0.149. The van der Waals surface area contributed by atoms with Crippen molar-refractivity contribution in [1.82, 2.24) is 10.4 Å². The fraction of sp³-hybridized carbons (Fsp3) is 0.875. The molecular formula is C16H32N2O4. The topological polar surface area (TPSA) is 67.9 Å². The Labute approximate surface area is 134 Å². The normalized spacial score (nSPS) is 11.8. The largest absolute Gasteiger partial charge is 0.464 e. The second-order valence-electron chi connectivity index (χ2n) is 5.22. The molecule has 130 valence electrons. The zero-order valence-corrected chi connectivity index (χ0v) is 14.5. The van der Waals surface area contributed by atoms with Crippen LogP contribution in [0, 0.1) is 0 Å². The van der Waals surface area contributed by atoms with Gasteiger partial charge in [-0.25, -0.2) is 15.1 Å². The Morgan fingerprint density at radius 2 is 1.64 bits per heavy atom. The zero-order valence-electron chi connectivity index (χ0n) is 14.5. The molecule has 1 N–H and O–H groups in total. The maximum Gasteiger partial charge on any atom is 0.342 e. The Hall–Kier alpha value is -1.30. The van der Waals surface area contributed by atoms with Crippen LogP contribution in [0.15, 0.2) is 0 Å². The number of urea groups is 1. The van der Waals surface area contributed by atoms with Crippen molar-refractivity contribution in [2.75, 3.05) is 19.8 Å². The molecule has 22 heavy (non-hydrogen) atoms. The number of amides is 2. The summed E-state index contributed by atoms with van der Waals surface area (Å²) in [6.07, 6.45) is 5.06. The third kappa shape index (κ3) is 8.22. The number of esters is 1. The number of hydrogen-bond donors (Lipinski definition) is 1. The van der Waals surface area contributed by atoms with E-state index in [0.29, 0.717) is 26.2 Å². The average molecular weight is 316 g/mol. The van der Waals surface area contributed by atoms with E-state index in [9.17, 15) is 9.59 Å². The van der Waals surface area contributed by atoms with Gasteiger partial charge in [-0.1, -0.05) is 40.0 Å². The summed E-state index contributed by atoms with van der Waals surface area (Å²) in [5, 5.41) is 0. The maximum absolute atomic E-state index is 12.2. The van der Waals surface area contributed by atoms with Gasteiger partial charge in [0.15, 0.2) is 0 Å². The monoisotopic (exact) mass is 316 g/mol. The molecule has 0 saturated heterocycles. The van der Waals surface area contributed by atoms with Crippen LogP contribution in [-0.2, 0) is 14.4 Å². The predicted octanol–water partition coefficient (Wildman–Crippen LogP) is 3.26. The van der Waals surface area contributed by atoms with Crippen LogP contribution in [0.25, 0.3) is 0 Å². The second-order valence-corrected chi connectivity index (χ2v) is 5.22. The summed E-state index contributed by atoms with van der Waals surface area (Å²) >= 11 is 0. The SMILES string of the molecule is CCCCONC(=O)N(CC)[C@@H](CCC)C(=O)OCCCC. The van der Waals surface area contributed by atoms with Crippen LogP contribution in [0.5, 0.6) is 0 Å². The maximum atomic E-state index is 12.2. The van der Waals surface area contributed by atoms with E-state index in [4.69, 9.17) is 9.57 Å². The molecule has 0 aliphatic carbocycles. The lowest BCUT2D eigenvalue weighted by Gasteiger charge is -2.28. The van der Waals surface area contributed by atoms with Crippen molar-refractivity contribution in [2.45, 2.75) is 72.3 Å². The number of nitrogens with zero attached hydrogens (tertiary/aromatic N) is 1. The molecule has 6 heteroatoms. The zero-order chi connectivity index (χ0) is 16.8. The van der Waals surface area contributed by atoms with E-state index in [1.165, 1.54) is 4.90 Å². The van der Waals surface area contributed by atoms with E-state index in [2.05, 4.69) is 5.48 Å². The van der Waals surface area contributed by atoms with Gasteiger partial charge in [-0.05, 0) is 26.2 Å². The number of hydrogen-bond acceptors (Lipinski definition) is 4. The summed E-state index contributed by atoms with van der Waals surface area (Å²) in [5.41, 5.74) is 2.41. The first-order valence-electron chi connectivity index (χ1n) is 8.47. The van der Waals surface area contributed by atoms with Crippen molar-refractivity contribution < 1.29 is 19.2 Å². The van der Waals surface area contributed by atoms with E-state index >= 15 is 0 Å².